The molecule has 0 spiro atoms. The fraction of sp³-hybridized carbons (Fsp3) is 0.556. The molecule has 2 unspecified atom stereocenters. The fourth-order valence-electron chi connectivity index (χ4n) is 5.50. The summed E-state index contributed by atoms with van der Waals surface area (Å²) in [5, 5.41) is 0.788. The first-order valence-corrected chi connectivity index (χ1v) is 14.6. The number of halogens is 1. The third-order valence-electron chi connectivity index (χ3n) is 7.03. The van der Waals surface area contributed by atoms with Crippen molar-refractivity contribution in [3.8, 4) is 5.75 Å². The molecule has 1 aliphatic heterocycles. The van der Waals surface area contributed by atoms with E-state index in [1.165, 1.54) is 49.0 Å². The Bertz CT molecular complexity index is 1030. The van der Waals surface area contributed by atoms with Crippen LogP contribution in [0.25, 0.3) is 0 Å². The first-order chi connectivity index (χ1) is 15.9. The van der Waals surface area contributed by atoms with Crippen LogP contribution in [0.15, 0.2) is 42.5 Å². The van der Waals surface area contributed by atoms with Crippen molar-refractivity contribution in [2.75, 3.05) is 31.2 Å². The zero-order valence-electron chi connectivity index (χ0n) is 19.6. The number of rotatable bonds is 10. The zero-order valence-corrected chi connectivity index (χ0v) is 21.2. The van der Waals surface area contributed by atoms with Crippen LogP contribution < -0.4 is 4.74 Å². The van der Waals surface area contributed by atoms with Crippen molar-refractivity contribution in [3.05, 3.63) is 64.2 Å². The average molecular weight is 490 g/mol. The van der Waals surface area contributed by atoms with Crippen LogP contribution in [-0.2, 0) is 22.7 Å². The number of hydrogen-bond acceptors (Lipinski definition) is 4. The lowest BCUT2D eigenvalue weighted by Crippen LogP contribution is -2.41. The van der Waals surface area contributed by atoms with E-state index in [1.807, 2.05) is 25.1 Å². The van der Waals surface area contributed by atoms with E-state index >= 15 is 0 Å². The summed E-state index contributed by atoms with van der Waals surface area (Å²) in [5.74, 6) is 1.70. The lowest BCUT2D eigenvalue weighted by Gasteiger charge is -2.39. The van der Waals surface area contributed by atoms with Gasteiger partial charge in [0, 0.05) is 22.7 Å². The number of fused-ring (bicyclic) bond motifs is 1. The molecule has 2 aromatic carbocycles. The quantitative estimate of drug-likeness (QED) is 0.403. The monoisotopic (exact) mass is 489 g/mol. The van der Waals surface area contributed by atoms with Gasteiger partial charge < -0.3 is 4.74 Å². The van der Waals surface area contributed by atoms with E-state index < -0.39 is 9.84 Å². The summed E-state index contributed by atoms with van der Waals surface area (Å²) in [5.41, 5.74) is 4.07. The number of hydrogen-bond donors (Lipinski definition) is 0. The zero-order chi connectivity index (χ0) is 23.3. The summed E-state index contributed by atoms with van der Waals surface area (Å²) in [7, 11) is -2.96. The Morgan fingerprint density at radius 3 is 2.67 bits per heavy atom. The van der Waals surface area contributed by atoms with Gasteiger partial charge in [0.05, 0.1) is 12.4 Å². The van der Waals surface area contributed by atoms with Crippen molar-refractivity contribution < 1.29 is 13.2 Å². The van der Waals surface area contributed by atoms with Crippen LogP contribution >= 0.6 is 11.6 Å². The summed E-state index contributed by atoms with van der Waals surface area (Å²) in [6.07, 6.45) is 7.02. The van der Waals surface area contributed by atoms with Gasteiger partial charge in [-0.15, -0.1) is 0 Å². The molecule has 180 valence electrons. The molecule has 6 heteroatoms. The van der Waals surface area contributed by atoms with Crippen molar-refractivity contribution in [1.82, 2.24) is 4.90 Å². The Balaban J connectivity index is 1.51. The molecule has 4 nitrogen and oxygen atoms in total. The minimum atomic E-state index is -2.96. The van der Waals surface area contributed by atoms with Gasteiger partial charge in [0.25, 0.3) is 0 Å². The maximum Gasteiger partial charge on any atom is 0.150 e. The SMILES string of the molecule is CCCS(=O)(=O)CCCOc1ccc2c(c1)C(Cc1cccc(Cl)c1)C(N1CCCC1)CC2. The van der Waals surface area contributed by atoms with Crippen molar-refractivity contribution in [3.63, 3.8) is 0 Å². The second kappa shape index (κ2) is 11.2. The Kier molecular flexibility index (Phi) is 8.37. The minimum absolute atomic E-state index is 0.195. The number of benzene rings is 2. The highest BCUT2D eigenvalue weighted by atomic mass is 35.5. The van der Waals surface area contributed by atoms with E-state index in [-0.39, 0.29) is 11.5 Å². The number of ether oxygens (including phenoxy) is 1. The average Bonchev–Trinajstić information content (AvgIpc) is 3.32. The molecule has 1 saturated heterocycles. The van der Waals surface area contributed by atoms with Crippen LogP contribution in [0.2, 0.25) is 5.02 Å². The maximum atomic E-state index is 12.0. The highest BCUT2D eigenvalue weighted by Gasteiger charge is 2.35. The molecule has 2 aromatic rings. The molecular formula is C27H36ClNO3S. The van der Waals surface area contributed by atoms with E-state index in [1.54, 1.807) is 0 Å². The number of likely N-dealkylation sites (tertiary alicyclic amines) is 1. The molecule has 0 amide bonds. The summed E-state index contributed by atoms with van der Waals surface area (Å²) in [6, 6.07) is 15.3. The molecule has 4 rings (SSSR count). The smallest absolute Gasteiger partial charge is 0.150 e. The van der Waals surface area contributed by atoms with E-state index in [4.69, 9.17) is 16.3 Å². The van der Waals surface area contributed by atoms with Gasteiger partial charge in [0.15, 0.2) is 0 Å². The van der Waals surface area contributed by atoms with Gasteiger partial charge in [-0.2, -0.15) is 0 Å². The molecule has 0 radical (unpaired) electrons. The van der Waals surface area contributed by atoms with E-state index in [9.17, 15) is 8.42 Å². The first kappa shape index (κ1) is 24.6. The molecule has 2 atom stereocenters. The summed E-state index contributed by atoms with van der Waals surface area (Å²) in [6.45, 7) is 4.70. The van der Waals surface area contributed by atoms with Crippen LogP contribution in [-0.4, -0.2) is 50.6 Å². The predicted molar refractivity (Wildman–Crippen MR) is 136 cm³/mol. The molecule has 0 bridgehead atoms. The second-order valence-electron chi connectivity index (χ2n) is 9.50. The van der Waals surface area contributed by atoms with Gasteiger partial charge in [0.1, 0.15) is 15.6 Å². The van der Waals surface area contributed by atoms with Crippen molar-refractivity contribution in [2.45, 2.75) is 63.8 Å². The van der Waals surface area contributed by atoms with Gasteiger partial charge in [-0.3, -0.25) is 4.90 Å². The molecule has 0 saturated carbocycles. The van der Waals surface area contributed by atoms with Crippen LogP contribution in [0.3, 0.4) is 0 Å². The van der Waals surface area contributed by atoms with Gasteiger partial charge in [-0.25, -0.2) is 8.42 Å². The lowest BCUT2D eigenvalue weighted by molar-refractivity contribution is 0.188. The number of sulfone groups is 1. The first-order valence-electron chi connectivity index (χ1n) is 12.4. The van der Waals surface area contributed by atoms with Crippen LogP contribution in [0.5, 0.6) is 5.75 Å². The van der Waals surface area contributed by atoms with Crippen LogP contribution in [0.1, 0.15) is 61.6 Å². The fourth-order valence-corrected chi connectivity index (χ4v) is 7.10. The molecular weight excluding hydrogens is 454 g/mol. The third kappa shape index (κ3) is 6.52. The van der Waals surface area contributed by atoms with Gasteiger partial charge in [-0.05, 0) is 99.0 Å². The number of aryl methyl sites for hydroxylation is 1. The molecule has 2 aliphatic rings. The normalized spacial score (nSPS) is 21.2. The summed E-state index contributed by atoms with van der Waals surface area (Å²) < 4.78 is 30.0. The maximum absolute atomic E-state index is 12.0. The van der Waals surface area contributed by atoms with Gasteiger partial charge in [0.2, 0.25) is 0 Å². The summed E-state index contributed by atoms with van der Waals surface area (Å²) in [4.78, 5) is 2.68. The van der Waals surface area contributed by atoms with E-state index in [2.05, 4.69) is 29.2 Å². The van der Waals surface area contributed by atoms with Crippen molar-refractivity contribution in [1.29, 1.82) is 0 Å². The Morgan fingerprint density at radius 2 is 1.91 bits per heavy atom. The molecule has 33 heavy (non-hydrogen) atoms. The van der Waals surface area contributed by atoms with Crippen LogP contribution in [0, 0.1) is 0 Å². The lowest BCUT2D eigenvalue weighted by atomic mass is 9.75. The van der Waals surface area contributed by atoms with E-state index in [0.29, 0.717) is 31.4 Å². The van der Waals surface area contributed by atoms with Gasteiger partial charge in [-0.1, -0.05) is 36.7 Å². The molecule has 1 aliphatic carbocycles. The topological polar surface area (TPSA) is 46.6 Å². The minimum Gasteiger partial charge on any atom is -0.494 e. The predicted octanol–water partition coefficient (Wildman–Crippen LogP) is 5.67. The highest BCUT2D eigenvalue weighted by Crippen LogP contribution is 2.40. The van der Waals surface area contributed by atoms with E-state index in [0.717, 1.165) is 23.6 Å². The third-order valence-corrected chi connectivity index (χ3v) is 9.20. The number of nitrogens with zero attached hydrogens (tertiary/aromatic N) is 1. The standard InChI is InChI=1S/C27H36ClNO3S/c1-2-16-33(30,31)17-6-15-32-24-11-9-22-10-12-27(29-13-3-4-14-29)26(25(22)20-24)19-21-7-5-8-23(28)18-21/h5,7-9,11,18,20,26-27H,2-4,6,10,12-17,19H2,1H3. The Labute approximate surface area is 204 Å². The highest BCUT2D eigenvalue weighted by molar-refractivity contribution is 7.91. The summed E-state index contributed by atoms with van der Waals surface area (Å²) >= 11 is 6.30. The molecule has 0 N–H and O–H groups in total. The largest absolute Gasteiger partial charge is 0.494 e. The molecule has 1 heterocycles. The van der Waals surface area contributed by atoms with Crippen molar-refractivity contribution >= 4 is 21.4 Å². The van der Waals surface area contributed by atoms with Gasteiger partial charge >= 0.3 is 0 Å². The molecule has 0 aromatic heterocycles. The Morgan fingerprint density at radius 1 is 1.09 bits per heavy atom. The van der Waals surface area contributed by atoms with Crippen molar-refractivity contribution in [2.24, 2.45) is 0 Å². The Hall–Kier alpha value is -1.56. The van der Waals surface area contributed by atoms with Crippen LogP contribution in [0.4, 0.5) is 0 Å². The second-order valence-corrected chi connectivity index (χ2v) is 12.2. The molecule has 1 fully saturated rings.